The normalized spacial score (nSPS) is 10.2. The molecular formula is C13H17NO4S. The van der Waals surface area contributed by atoms with Crippen LogP contribution in [0, 0.1) is 0 Å². The van der Waals surface area contributed by atoms with Crippen molar-refractivity contribution in [2.24, 2.45) is 0 Å². The van der Waals surface area contributed by atoms with Gasteiger partial charge in [-0.25, -0.2) is 0 Å². The summed E-state index contributed by atoms with van der Waals surface area (Å²) in [6.07, 6.45) is 2.32. The average molecular weight is 283 g/mol. The molecule has 1 aromatic heterocycles. The molecule has 0 saturated carbocycles. The van der Waals surface area contributed by atoms with Crippen molar-refractivity contribution in [2.45, 2.75) is 32.6 Å². The molecule has 0 aromatic carbocycles. The predicted octanol–water partition coefficient (Wildman–Crippen LogP) is 2.33. The summed E-state index contributed by atoms with van der Waals surface area (Å²) in [6.45, 7) is 1.98. The Bertz CT molecular complexity index is 467. The average Bonchev–Trinajstić information content (AvgIpc) is 2.82. The van der Waals surface area contributed by atoms with Crippen molar-refractivity contribution in [1.82, 2.24) is 5.32 Å². The number of nitrogens with one attached hydrogen (secondary N) is 1. The zero-order valence-electron chi connectivity index (χ0n) is 10.8. The van der Waals surface area contributed by atoms with Crippen molar-refractivity contribution in [3.05, 3.63) is 21.9 Å². The van der Waals surface area contributed by atoms with Gasteiger partial charge >= 0.3 is 5.97 Å². The van der Waals surface area contributed by atoms with Crippen LogP contribution >= 0.6 is 11.3 Å². The van der Waals surface area contributed by atoms with Gasteiger partial charge in [-0.1, -0.05) is 6.42 Å². The summed E-state index contributed by atoms with van der Waals surface area (Å²) in [6, 6.07) is 1.59. The molecule has 1 amide bonds. The molecule has 1 heterocycles. The van der Waals surface area contributed by atoms with E-state index >= 15 is 0 Å². The standard InChI is InChI=1S/C13H17NO4S/c1-9(15)10-7-11(19-8-10)13(18)14-6-4-2-3-5-12(16)17/h7-8H,2-6H2,1H3,(H,14,18)(H,16,17). The first-order chi connectivity index (χ1) is 9.00. The van der Waals surface area contributed by atoms with E-state index < -0.39 is 5.97 Å². The van der Waals surface area contributed by atoms with E-state index in [4.69, 9.17) is 5.11 Å². The Morgan fingerprint density at radius 1 is 1.26 bits per heavy atom. The minimum Gasteiger partial charge on any atom is -0.481 e. The topological polar surface area (TPSA) is 83.5 Å². The maximum absolute atomic E-state index is 11.7. The highest BCUT2D eigenvalue weighted by Gasteiger charge is 2.10. The fourth-order valence-electron chi connectivity index (χ4n) is 1.51. The number of aliphatic carboxylic acids is 1. The summed E-state index contributed by atoms with van der Waals surface area (Å²) in [5.41, 5.74) is 0.552. The number of thiophene rings is 1. The van der Waals surface area contributed by atoms with E-state index in [2.05, 4.69) is 5.32 Å². The zero-order chi connectivity index (χ0) is 14.3. The Kier molecular flexibility index (Phi) is 6.21. The van der Waals surface area contributed by atoms with Crippen LogP contribution in [0.4, 0.5) is 0 Å². The second-order valence-electron chi connectivity index (χ2n) is 4.22. The predicted molar refractivity (Wildman–Crippen MR) is 72.8 cm³/mol. The minimum atomic E-state index is -0.792. The molecule has 0 aliphatic carbocycles. The highest BCUT2D eigenvalue weighted by Crippen LogP contribution is 2.15. The summed E-state index contributed by atoms with van der Waals surface area (Å²) in [5, 5.41) is 12.9. The molecule has 0 unspecified atom stereocenters. The fraction of sp³-hybridized carbons (Fsp3) is 0.462. The molecule has 1 aromatic rings. The van der Waals surface area contributed by atoms with Crippen LogP contribution in [0.3, 0.4) is 0 Å². The molecule has 0 saturated heterocycles. The lowest BCUT2D eigenvalue weighted by Gasteiger charge is -2.02. The lowest BCUT2D eigenvalue weighted by Crippen LogP contribution is -2.23. The van der Waals surface area contributed by atoms with E-state index in [0.717, 1.165) is 12.8 Å². The maximum Gasteiger partial charge on any atom is 0.303 e. The van der Waals surface area contributed by atoms with Gasteiger partial charge in [0.2, 0.25) is 0 Å². The smallest absolute Gasteiger partial charge is 0.303 e. The van der Waals surface area contributed by atoms with Gasteiger partial charge in [0.05, 0.1) is 4.88 Å². The van der Waals surface area contributed by atoms with E-state index in [1.165, 1.54) is 18.3 Å². The van der Waals surface area contributed by atoms with Gasteiger partial charge in [0.15, 0.2) is 5.78 Å². The quantitative estimate of drug-likeness (QED) is 0.566. The van der Waals surface area contributed by atoms with Crippen LogP contribution in [0.25, 0.3) is 0 Å². The van der Waals surface area contributed by atoms with Crippen LogP contribution in [0.15, 0.2) is 11.4 Å². The van der Waals surface area contributed by atoms with Crippen molar-refractivity contribution in [3.8, 4) is 0 Å². The molecule has 6 heteroatoms. The van der Waals surface area contributed by atoms with Crippen LogP contribution in [0.1, 0.15) is 52.6 Å². The number of rotatable bonds is 8. The van der Waals surface area contributed by atoms with Crippen molar-refractivity contribution in [1.29, 1.82) is 0 Å². The van der Waals surface area contributed by atoms with E-state index in [9.17, 15) is 14.4 Å². The van der Waals surface area contributed by atoms with Gasteiger partial charge in [0.25, 0.3) is 5.91 Å². The summed E-state index contributed by atoms with van der Waals surface area (Å²) in [4.78, 5) is 33.6. The van der Waals surface area contributed by atoms with Crippen LogP contribution in [-0.2, 0) is 4.79 Å². The maximum atomic E-state index is 11.7. The van der Waals surface area contributed by atoms with Crippen molar-refractivity contribution in [3.63, 3.8) is 0 Å². The molecule has 0 bridgehead atoms. The fourth-order valence-corrected chi connectivity index (χ4v) is 2.37. The second-order valence-corrected chi connectivity index (χ2v) is 5.13. The lowest BCUT2D eigenvalue weighted by molar-refractivity contribution is -0.137. The molecule has 0 aliphatic rings. The summed E-state index contributed by atoms with van der Waals surface area (Å²) >= 11 is 1.25. The van der Waals surface area contributed by atoms with Gasteiger partial charge in [-0.05, 0) is 25.8 Å². The molecule has 2 N–H and O–H groups in total. The Hall–Kier alpha value is -1.69. The van der Waals surface area contributed by atoms with Crippen LogP contribution in [-0.4, -0.2) is 29.3 Å². The third-order valence-electron chi connectivity index (χ3n) is 2.58. The van der Waals surface area contributed by atoms with Gasteiger partial charge in [0, 0.05) is 23.9 Å². The summed E-state index contributed by atoms with van der Waals surface area (Å²) in [7, 11) is 0. The van der Waals surface area contributed by atoms with E-state index in [1.807, 2.05) is 0 Å². The van der Waals surface area contributed by atoms with E-state index in [1.54, 1.807) is 11.4 Å². The number of unbranched alkanes of at least 4 members (excludes halogenated alkanes) is 2. The first-order valence-corrected chi connectivity index (χ1v) is 6.98. The third kappa shape index (κ3) is 5.65. The number of carbonyl (C=O) groups excluding carboxylic acids is 2. The number of carboxylic acid groups (broad SMARTS) is 1. The van der Waals surface area contributed by atoms with Gasteiger partial charge in [0.1, 0.15) is 0 Å². The molecule has 0 radical (unpaired) electrons. The Labute approximate surface area is 115 Å². The zero-order valence-corrected chi connectivity index (χ0v) is 11.6. The number of Topliss-reactive ketones (excluding diaryl/α,β-unsaturated/α-hetero) is 1. The molecular weight excluding hydrogens is 266 g/mol. The van der Waals surface area contributed by atoms with Crippen molar-refractivity contribution in [2.75, 3.05) is 6.54 Å². The monoisotopic (exact) mass is 283 g/mol. The number of hydrogen-bond acceptors (Lipinski definition) is 4. The van der Waals surface area contributed by atoms with Gasteiger partial charge in [-0.3, -0.25) is 14.4 Å². The molecule has 104 valence electrons. The largest absolute Gasteiger partial charge is 0.481 e. The molecule has 0 spiro atoms. The Morgan fingerprint density at radius 3 is 2.58 bits per heavy atom. The number of carboxylic acids is 1. The van der Waals surface area contributed by atoms with Gasteiger partial charge in [-0.15, -0.1) is 11.3 Å². The highest BCUT2D eigenvalue weighted by atomic mass is 32.1. The Balaban J connectivity index is 2.23. The first-order valence-electron chi connectivity index (χ1n) is 6.10. The number of ketones is 1. The Morgan fingerprint density at radius 2 is 2.00 bits per heavy atom. The number of hydrogen-bond donors (Lipinski definition) is 2. The van der Waals surface area contributed by atoms with Gasteiger partial charge < -0.3 is 10.4 Å². The summed E-state index contributed by atoms with van der Waals surface area (Å²) < 4.78 is 0. The lowest BCUT2D eigenvalue weighted by atomic mass is 10.2. The van der Waals surface area contributed by atoms with Crippen molar-refractivity contribution < 1.29 is 19.5 Å². The highest BCUT2D eigenvalue weighted by molar-refractivity contribution is 7.12. The van der Waals surface area contributed by atoms with Crippen LogP contribution < -0.4 is 5.32 Å². The third-order valence-corrected chi connectivity index (χ3v) is 3.51. The second kappa shape index (κ2) is 7.68. The van der Waals surface area contributed by atoms with Crippen LogP contribution in [0.2, 0.25) is 0 Å². The molecule has 5 nitrogen and oxygen atoms in total. The minimum absolute atomic E-state index is 0.0519. The molecule has 1 rings (SSSR count). The molecule has 0 fully saturated rings. The molecule has 0 aliphatic heterocycles. The molecule has 0 atom stereocenters. The number of carbonyl (C=O) groups is 3. The first kappa shape index (κ1) is 15.4. The SMILES string of the molecule is CC(=O)c1csc(C(=O)NCCCCCC(=O)O)c1. The summed E-state index contributed by atoms with van der Waals surface area (Å²) in [5.74, 6) is -1.03. The molecule has 19 heavy (non-hydrogen) atoms. The number of amides is 1. The van der Waals surface area contributed by atoms with E-state index in [-0.39, 0.29) is 18.1 Å². The van der Waals surface area contributed by atoms with E-state index in [0.29, 0.717) is 23.4 Å². The van der Waals surface area contributed by atoms with Crippen molar-refractivity contribution >= 4 is 29.0 Å². The van der Waals surface area contributed by atoms with Crippen LogP contribution in [0.5, 0.6) is 0 Å². The van der Waals surface area contributed by atoms with Gasteiger partial charge in [-0.2, -0.15) is 0 Å².